The molecule has 0 aromatic heterocycles. The van der Waals surface area contributed by atoms with Gasteiger partial charge in [-0.05, 0) is 25.7 Å². The molecule has 0 N–H and O–H groups in total. The van der Waals surface area contributed by atoms with Crippen LogP contribution in [0.5, 0.6) is 0 Å². The minimum absolute atomic E-state index is 0. The maximum absolute atomic E-state index is 3.46. The Morgan fingerprint density at radius 1 is 0.733 bits per heavy atom. The Kier molecular flexibility index (Phi) is 87.0. The number of anilines is 1. The summed E-state index contributed by atoms with van der Waals surface area (Å²) in [6.45, 7) is 13.8. The van der Waals surface area contributed by atoms with E-state index in [0.717, 1.165) is 11.8 Å². The fourth-order valence-corrected chi connectivity index (χ4v) is 3.28. The maximum atomic E-state index is 3.46. The topological polar surface area (TPSA) is 3.24 Å². The molecule has 1 aromatic rings. The number of benzene rings is 1. The van der Waals surface area contributed by atoms with Crippen LogP contribution in [-0.4, -0.2) is 12.1 Å². The predicted octanol–water partition coefficient (Wildman–Crippen LogP) is 4.66. The summed E-state index contributed by atoms with van der Waals surface area (Å²) >= 11 is 0. The van der Waals surface area contributed by atoms with Gasteiger partial charge in [0.1, 0.15) is 0 Å². The van der Waals surface area contributed by atoms with Crippen LogP contribution < -0.4 is 4.90 Å². The van der Waals surface area contributed by atoms with E-state index in [1.165, 1.54) is 11.3 Å². The molecule has 11 radical (unpaired) electrons. The Morgan fingerprint density at radius 2 is 1.10 bits per heavy atom. The van der Waals surface area contributed by atoms with Gasteiger partial charge in [-0.3, -0.25) is 0 Å². The van der Waals surface area contributed by atoms with Gasteiger partial charge < -0.3 is 11.3 Å². The standard InChI is InChI=1S/C18H27N.11Y/c1-7-12(2)17-8-10-18(11-9-17)19-15(5)13(3)14(4)16(19)6;;;;;;;;;;;/h7-8,10-16H,1-6H3;;;;;;;;;;;/q-2;;;;;;;;;;;/t12-,13-,14?,15?,16+;;;;;;;;;;;/m1.........../s1. The van der Waals surface area contributed by atoms with Crippen LogP contribution in [0.2, 0.25) is 0 Å². The van der Waals surface area contributed by atoms with Crippen molar-refractivity contribution in [3.63, 3.8) is 0 Å². The monoisotopic (exact) mass is 1240 g/mol. The van der Waals surface area contributed by atoms with Crippen LogP contribution in [0.1, 0.15) is 53.0 Å². The van der Waals surface area contributed by atoms with Crippen molar-refractivity contribution in [2.75, 3.05) is 4.90 Å². The fourth-order valence-electron chi connectivity index (χ4n) is 3.28. The molecule has 0 bridgehead atoms. The molecule has 1 aromatic carbocycles. The van der Waals surface area contributed by atoms with E-state index < -0.39 is 0 Å². The van der Waals surface area contributed by atoms with E-state index in [1.807, 2.05) is 0 Å². The Hall–Kier alpha value is 11.2. The van der Waals surface area contributed by atoms with Crippen molar-refractivity contribution in [1.82, 2.24) is 0 Å². The molecule has 1 nitrogen and oxygen atoms in total. The second kappa shape index (κ2) is 38.2. The van der Waals surface area contributed by atoms with Gasteiger partial charge in [0.25, 0.3) is 0 Å². The molecule has 30 heavy (non-hydrogen) atoms. The number of rotatable bonds is 3. The normalized spacial score (nSPS) is 20.7. The van der Waals surface area contributed by atoms with Crippen molar-refractivity contribution in [2.24, 2.45) is 11.8 Å². The zero-order chi connectivity index (χ0) is 14.2. The third-order valence-corrected chi connectivity index (χ3v) is 5.34. The zero-order valence-electron chi connectivity index (χ0n) is 19.5. The second-order valence-electron chi connectivity index (χ2n) is 6.23. The van der Waals surface area contributed by atoms with Gasteiger partial charge in [0.05, 0.1) is 0 Å². The first kappa shape index (κ1) is 68.4. The van der Waals surface area contributed by atoms with Gasteiger partial charge in [0.2, 0.25) is 0 Å². The van der Waals surface area contributed by atoms with Gasteiger partial charge in [-0.2, -0.15) is 36.6 Å². The molecule has 1 aliphatic heterocycles. The molecule has 2 unspecified atom stereocenters. The van der Waals surface area contributed by atoms with Gasteiger partial charge in [0, 0.05) is 372 Å². The largest absolute Gasteiger partial charge is 0.418 e. The molecule has 12 heteroatoms. The summed E-state index contributed by atoms with van der Waals surface area (Å²) in [4.78, 5) is 2.57. The molecular weight excluding hydrogens is 1210 g/mol. The van der Waals surface area contributed by atoms with E-state index in [4.69, 9.17) is 0 Å². The summed E-state index contributed by atoms with van der Waals surface area (Å²) in [6, 6.07) is 11.4. The first-order valence-corrected chi connectivity index (χ1v) is 7.56. The van der Waals surface area contributed by atoms with E-state index in [0.29, 0.717) is 18.0 Å². The molecular formula is C18H27NY11-2. The first-order chi connectivity index (χ1) is 8.97. The molecule has 0 aliphatic carbocycles. The van der Waals surface area contributed by atoms with Gasteiger partial charge in [0.15, 0.2) is 0 Å². The van der Waals surface area contributed by atoms with E-state index in [1.54, 1.807) is 0 Å². The second-order valence-corrected chi connectivity index (χ2v) is 6.23. The molecule has 1 aliphatic rings. The molecule has 1 saturated heterocycles. The van der Waals surface area contributed by atoms with Crippen molar-refractivity contribution < 1.29 is 360 Å². The van der Waals surface area contributed by atoms with Crippen molar-refractivity contribution in [2.45, 2.75) is 59.5 Å². The zero-order valence-corrected chi connectivity index (χ0v) is 50.7. The fraction of sp³-hybridized carbons (Fsp3) is 0.611. The van der Waals surface area contributed by atoms with Crippen molar-refractivity contribution in [3.8, 4) is 0 Å². The van der Waals surface area contributed by atoms with E-state index >= 15 is 0 Å². The summed E-state index contributed by atoms with van der Waals surface area (Å²) in [5.41, 5.74) is 2.61. The summed E-state index contributed by atoms with van der Waals surface area (Å²) < 4.78 is 0. The summed E-state index contributed by atoms with van der Waals surface area (Å²) in [7, 11) is 0. The molecule has 139 valence electrons. The Bertz CT molecular complexity index is 423. The predicted molar refractivity (Wildman–Crippen MR) is 83.4 cm³/mol. The Morgan fingerprint density at radius 3 is 1.37 bits per heavy atom. The van der Waals surface area contributed by atoms with Crippen LogP contribution in [0, 0.1) is 24.3 Å². The third-order valence-electron chi connectivity index (χ3n) is 5.34. The maximum Gasteiger partial charge on any atom is 0.0178 e. The van der Waals surface area contributed by atoms with Crippen molar-refractivity contribution in [3.05, 3.63) is 36.2 Å². The van der Waals surface area contributed by atoms with Crippen LogP contribution in [0.15, 0.2) is 18.2 Å². The van der Waals surface area contributed by atoms with Crippen molar-refractivity contribution in [1.29, 1.82) is 0 Å². The summed E-state index contributed by atoms with van der Waals surface area (Å²) in [6.07, 6.45) is 2.22. The summed E-state index contributed by atoms with van der Waals surface area (Å²) in [5.74, 6) is 1.98. The van der Waals surface area contributed by atoms with Crippen LogP contribution >= 0.6 is 0 Å². The summed E-state index contributed by atoms with van der Waals surface area (Å²) in [5, 5.41) is 0. The molecule has 0 spiro atoms. The van der Waals surface area contributed by atoms with E-state index in [-0.39, 0.29) is 360 Å². The van der Waals surface area contributed by atoms with E-state index in [2.05, 4.69) is 77.1 Å². The molecule has 1 heterocycles. The van der Waals surface area contributed by atoms with E-state index in [9.17, 15) is 0 Å². The van der Waals surface area contributed by atoms with Gasteiger partial charge in [-0.1, -0.05) is 26.5 Å². The average molecular weight is 1240 g/mol. The Balaban J connectivity index is -0.0000000455. The number of hydrogen-bond donors (Lipinski definition) is 0. The van der Waals surface area contributed by atoms with Crippen LogP contribution in [0.4, 0.5) is 5.69 Å². The van der Waals surface area contributed by atoms with Gasteiger partial charge in [-0.15, -0.1) is 6.07 Å². The molecule has 2 rings (SSSR count). The molecule has 0 saturated carbocycles. The third kappa shape index (κ3) is 21.8. The average Bonchev–Trinajstić information content (AvgIpc) is 2.62. The minimum atomic E-state index is 0. The minimum Gasteiger partial charge on any atom is -0.418 e. The first-order valence-electron chi connectivity index (χ1n) is 7.56. The SMILES string of the molecule is C[CH-][C@@H](C)c1[c-]cc(N2C(C)[C@H](C)C(C)[C@@H]2C)cc1.[Y].[Y].[Y].[Y].[Y].[Y].[Y].[Y].[Y].[Y].[Y]. The number of hydrogen-bond acceptors (Lipinski definition) is 1. The van der Waals surface area contributed by atoms with Crippen LogP contribution in [0.25, 0.3) is 0 Å². The molecule has 1 fully saturated rings. The van der Waals surface area contributed by atoms with Gasteiger partial charge in [-0.25, -0.2) is 0 Å². The van der Waals surface area contributed by atoms with Gasteiger partial charge >= 0.3 is 0 Å². The smallest absolute Gasteiger partial charge is 0.0178 e. The van der Waals surface area contributed by atoms with Crippen LogP contribution in [0.3, 0.4) is 0 Å². The quantitative estimate of drug-likeness (QED) is 0.399. The molecule has 0 amide bonds. The van der Waals surface area contributed by atoms with Crippen molar-refractivity contribution >= 4 is 5.69 Å². The Labute approximate surface area is 464 Å². The molecule has 5 atom stereocenters. The number of nitrogens with zero attached hydrogens (tertiary/aromatic N) is 1. The van der Waals surface area contributed by atoms with Crippen LogP contribution in [-0.2, 0) is 360 Å².